The van der Waals surface area contributed by atoms with Crippen LogP contribution in [-0.2, 0) is 0 Å². The molecule has 32 heavy (non-hydrogen) atoms. The number of hydrogen-bond acceptors (Lipinski definition) is 5. The number of benzene rings is 2. The zero-order valence-electron chi connectivity index (χ0n) is 19.8. The molecule has 1 aliphatic heterocycles. The van der Waals surface area contributed by atoms with E-state index in [4.69, 9.17) is 9.47 Å². The van der Waals surface area contributed by atoms with Crippen LogP contribution in [0.4, 0.5) is 0 Å². The minimum Gasteiger partial charge on any atom is -0.493 e. The molecule has 1 fully saturated rings. The summed E-state index contributed by atoms with van der Waals surface area (Å²) >= 11 is 0. The van der Waals surface area contributed by atoms with Crippen LogP contribution in [0.5, 0.6) is 11.5 Å². The summed E-state index contributed by atoms with van der Waals surface area (Å²) in [4.78, 5) is 17.9. The Hall–Kier alpha value is -2.57. The Kier molecular flexibility index (Phi) is 8.94. The van der Waals surface area contributed by atoms with Crippen molar-refractivity contribution in [3.63, 3.8) is 0 Å². The summed E-state index contributed by atoms with van der Waals surface area (Å²) in [6.45, 7) is 9.85. The molecule has 2 aromatic carbocycles. The molecule has 1 atom stereocenters. The number of methoxy groups -OCH3 is 1. The molecule has 0 spiro atoms. The lowest BCUT2D eigenvalue weighted by Crippen LogP contribution is -2.47. The molecular formula is C26H37N3O3. The van der Waals surface area contributed by atoms with E-state index in [1.165, 1.54) is 0 Å². The molecule has 6 nitrogen and oxygen atoms in total. The second-order valence-corrected chi connectivity index (χ2v) is 8.94. The number of carbonyl (C=O) groups is 1. The van der Waals surface area contributed by atoms with Crippen LogP contribution in [0.15, 0.2) is 48.5 Å². The highest BCUT2D eigenvalue weighted by atomic mass is 16.5. The lowest BCUT2D eigenvalue weighted by Gasteiger charge is -2.35. The van der Waals surface area contributed by atoms with Crippen LogP contribution in [0.1, 0.15) is 42.2 Å². The molecule has 2 aromatic rings. The summed E-state index contributed by atoms with van der Waals surface area (Å²) in [5.74, 6) is 1.71. The van der Waals surface area contributed by atoms with Gasteiger partial charge in [0, 0.05) is 38.3 Å². The predicted molar refractivity (Wildman–Crippen MR) is 129 cm³/mol. The maximum Gasteiger partial charge on any atom is 0.251 e. The highest BCUT2D eigenvalue weighted by Gasteiger charge is 2.22. The summed E-state index contributed by atoms with van der Waals surface area (Å²) in [6, 6.07) is 15.5. The number of hydrogen-bond donors (Lipinski definition) is 1. The standard InChI is InChI=1S/C26H37N3O3/c1-20(2)12-17-32-24-11-10-22(18-25(24)31-4)26(30)27-23(21-8-6-5-7-9-21)19-29-15-13-28(3)14-16-29/h5-11,18,20,23H,12-17,19H2,1-4H3,(H,27,30). The van der Waals surface area contributed by atoms with Crippen molar-refractivity contribution in [1.29, 1.82) is 0 Å². The zero-order chi connectivity index (χ0) is 22.9. The van der Waals surface area contributed by atoms with Gasteiger partial charge in [0.15, 0.2) is 11.5 Å². The predicted octanol–water partition coefficient (Wildman–Crippen LogP) is 3.84. The molecule has 1 amide bonds. The number of amides is 1. The fourth-order valence-corrected chi connectivity index (χ4v) is 3.78. The van der Waals surface area contributed by atoms with Crippen molar-refractivity contribution in [2.24, 2.45) is 5.92 Å². The van der Waals surface area contributed by atoms with Gasteiger partial charge in [-0.3, -0.25) is 9.69 Å². The first kappa shape index (κ1) is 24.1. The van der Waals surface area contributed by atoms with E-state index >= 15 is 0 Å². The Balaban J connectivity index is 1.70. The van der Waals surface area contributed by atoms with Crippen LogP contribution in [-0.4, -0.2) is 69.2 Å². The monoisotopic (exact) mass is 439 g/mol. The van der Waals surface area contributed by atoms with E-state index in [1.54, 1.807) is 19.2 Å². The Morgan fingerprint density at radius 3 is 2.41 bits per heavy atom. The van der Waals surface area contributed by atoms with Crippen molar-refractivity contribution in [3.8, 4) is 11.5 Å². The van der Waals surface area contributed by atoms with Crippen molar-refractivity contribution in [3.05, 3.63) is 59.7 Å². The quantitative estimate of drug-likeness (QED) is 0.610. The third-order valence-corrected chi connectivity index (χ3v) is 5.92. The van der Waals surface area contributed by atoms with Gasteiger partial charge in [0.05, 0.1) is 19.8 Å². The van der Waals surface area contributed by atoms with Crippen LogP contribution < -0.4 is 14.8 Å². The van der Waals surface area contributed by atoms with Crippen molar-refractivity contribution >= 4 is 5.91 Å². The molecule has 1 aliphatic rings. The van der Waals surface area contributed by atoms with Crippen LogP contribution in [0.25, 0.3) is 0 Å². The largest absolute Gasteiger partial charge is 0.493 e. The maximum absolute atomic E-state index is 13.2. The van der Waals surface area contributed by atoms with Gasteiger partial charge < -0.3 is 19.7 Å². The van der Waals surface area contributed by atoms with Gasteiger partial charge >= 0.3 is 0 Å². The number of carbonyl (C=O) groups excluding carboxylic acids is 1. The minimum atomic E-state index is -0.111. The average molecular weight is 440 g/mol. The molecule has 1 heterocycles. The molecule has 6 heteroatoms. The van der Waals surface area contributed by atoms with Gasteiger partial charge in [-0.15, -0.1) is 0 Å². The molecule has 0 saturated carbocycles. The second kappa shape index (κ2) is 11.9. The van der Waals surface area contributed by atoms with Crippen molar-refractivity contribution < 1.29 is 14.3 Å². The highest BCUT2D eigenvalue weighted by Crippen LogP contribution is 2.29. The normalized spacial score (nSPS) is 16.0. The first-order valence-corrected chi connectivity index (χ1v) is 11.5. The fourth-order valence-electron chi connectivity index (χ4n) is 3.78. The number of nitrogens with one attached hydrogen (secondary N) is 1. The van der Waals surface area contributed by atoms with E-state index in [0.29, 0.717) is 29.6 Å². The molecule has 0 bridgehead atoms. The number of ether oxygens (including phenoxy) is 2. The van der Waals surface area contributed by atoms with Gasteiger partial charge in [0.1, 0.15) is 0 Å². The summed E-state index contributed by atoms with van der Waals surface area (Å²) in [5.41, 5.74) is 1.68. The number of piperazine rings is 1. The lowest BCUT2D eigenvalue weighted by atomic mass is 10.0. The number of nitrogens with zero attached hydrogens (tertiary/aromatic N) is 2. The van der Waals surface area contributed by atoms with Crippen LogP contribution in [0.3, 0.4) is 0 Å². The van der Waals surface area contributed by atoms with Crippen LogP contribution >= 0.6 is 0 Å². The fraction of sp³-hybridized carbons (Fsp3) is 0.500. The third kappa shape index (κ3) is 6.97. The van der Waals surface area contributed by atoms with Crippen LogP contribution in [0.2, 0.25) is 0 Å². The Morgan fingerprint density at radius 2 is 1.75 bits per heavy atom. The summed E-state index contributed by atoms with van der Waals surface area (Å²) in [6.07, 6.45) is 0.969. The third-order valence-electron chi connectivity index (χ3n) is 5.92. The summed E-state index contributed by atoms with van der Waals surface area (Å²) < 4.78 is 11.4. The molecule has 174 valence electrons. The van der Waals surface area contributed by atoms with E-state index in [0.717, 1.165) is 44.7 Å². The van der Waals surface area contributed by atoms with E-state index in [9.17, 15) is 4.79 Å². The topological polar surface area (TPSA) is 54.0 Å². The van der Waals surface area contributed by atoms with E-state index in [-0.39, 0.29) is 11.9 Å². The molecule has 1 unspecified atom stereocenters. The molecule has 1 saturated heterocycles. The maximum atomic E-state index is 13.2. The minimum absolute atomic E-state index is 0.0833. The van der Waals surface area contributed by atoms with Crippen molar-refractivity contribution in [2.75, 3.05) is 53.5 Å². The first-order chi connectivity index (χ1) is 15.5. The summed E-state index contributed by atoms with van der Waals surface area (Å²) in [5, 5.41) is 3.25. The van der Waals surface area contributed by atoms with Gasteiger partial charge in [-0.1, -0.05) is 44.2 Å². The molecule has 0 aliphatic carbocycles. The molecule has 0 radical (unpaired) electrons. The summed E-state index contributed by atoms with van der Waals surface area (Å²) in [7, 11) is 3.75. The van der Waals surface area contributed by atoms with Crippen molar-refractivity contribution in [2.45, 2.75) is 26.3 Å². The Labute approximate surface area is 192 Å². The van der Waals surface area contributed by atoms with Gasteiger partial charge in [0.2, 0.25) is 0 Å². The number of likely N-dealkylation sites (N-methyl/N-ethyl adjacent to an activating group) is 1. The van der Waals surface area contributed by atoms with Gasteiger partial charge in [-0.25, -0.2) is 0 Å². The second-order valence-electron chi connectivity index (χ2n) is 8.94. The average Bonchev–Trinajstić information content (AvgIpc) is 2.80. The van der Waals surface area contributed by atoms with Gasteiger partial charge in [0.25, 0.3) is 5.91 Å². The van der Waals surface area contributed by atoms with E-state index in [1.807, 2.05) is 24.3 Å². The van der Waals surface area contributed by atoms with Crippen LogP contribution in [0, 0.1) is 5.92 Å². The molecule has 3 rings (SSSR count). The Morgan fingerprint density at radius 1 is 1.03 bits per heavy atom. The van der Waals surface area contributed by atoms with Gasteiger partial charge in [-0.05, 0) is 43.1 Å². The zero-order valence-corrected chi connectivity index (χ0v) is 19.8. The SMILES string of the molecule is COc1cc(C(=O)NC(CN2CCN(C)CC2)c2ccccc2)ccc1OCCC(C)C. The van der Waals surface area contributed by atoms with E-state index < -0.39 is 0 Å². The molecular weight excluding hydrogens is 402 g/mol. The first-order valence-electron chi connectivity index (χ1n) is 11.5. The highest BCUT2D eigenvalue weighted by molar-refractivity contribution is 5.95. The molecule has 0 aromatic heterocycles. The lowest BCUT2D eigenvalue weighted by molar-refractivity contribution is 0.0907. The van der Waals surface area contributed by atoms with Gasteiger partial charge in [-0.2, -0.15) is 0 Å². The van der Waals surface area contributed by atoms with E-state index in [2.05, 4.69) is 48.1 Å². The molecule has 1 N–H and O–H groups in total. The van der Waals surface area contributed by atoms with Crippen molar-refractivity contribution in [1.82, 2.24) is 15.1 Å². The smallest absolute Gasteiger partial charge is 0.251 e. The Bertz CT molecular complexity index is 849. The number of rotatable bonds is 10.